The minimum absolute atomic E-state index is 0.202. The maximum Gasteiger partial charge on any atom is 0.287 e. The second-order valence-corrected chi connectivity index (χ2v) is 5.53. The molecule has 19 heavy (non-hydrogen) atoms. The van der Waals surface area contributed by atoms with E-state index < -0.39 is 0 Å². The Labute approximate surface area is 113 Å². The Morgan fingerprint density at radius 2 is 2.11 bits per heavy atom. The number of carbonyl (C=O) groups is 1. The van der Waals surface area contributed by atoms with E-state index in [9.17, 15) is 4.79 Å². The predicted octanol–water partition coefficient (Wildman–Crippen LogP) is 2.60. The van der Waals surface area contributed by atoms with E-state index in [0.29, 0.717) is 12.3 Å². The number of nitrogens with two attached hydrogens (primary N) is 1. The molecule has 1 amide bonds. The number of benzene rings is 1. The molecule has 0 saturated carbocycles. The van der Waals surface area contributed by atoms with Crippen LogP contribution in [0.3, 0.4) is 0 Å². The van der Waals surface area contributed by atoms with Gasteiger partial charge in [-0.1, -0.05) is 11.6 Å². The van der Waals surface area contributed by atoms with Crippen molar-refractivity contribution in [2.75, 3.05) is 6.54 Å². The molecule has 1 aromatic carbocycles. The highest BCUT2D eigenvalue weighted by Crippen LogP contribution is 2.21. The average molecular weight is 260 g/mol. The normalized spacial score (nSPS) is 11.8. The van der Waals surface area contributed by atoms with Crippen molar-refractivity contribution in [1.82, 2.24) is 5.32 Å². The quantitative estimate of drug-likeness (QED) is 0.887. The topological polar surface area (TPSA) is 68.3 Å². The number of furan rings is 1. The molecule has 1 heterocycles. The van der Waals surface area contributed by atoms with Crippen molar-refractivity contribution < 1.29 is 9.21 Å². The van der Waals surface area contributed by atoms with E-state index in [-0.39, 0.29) is 11.4 Å². The van der Waals surface area contributed by atoms with Crippen LogP contribution in [-0.4, -0.2) is 18.0 Å². The molecule has 0 aliphatic carbocycles. The van der Waals surface area contributed by atoms with Gasteiger partial charge < -0.3 is 15.5 Å². The first-order valence-corrected chi connectivity index (χ1v) is 6.44. The molecule has 2 aromatic rings. The molecule has 102 valence electrons. The van der Waals surface area contributed by atoms with Crippen molar-refractivity contribution in [2.24, 2.45) is 5.73 Å². The number of hydrogen-bond acceptors (Lipinski definition) is 3. The number of rotatable bonds is 4. The van der Waals surface area contributed by atoms with Crippen LogP contribution in [0.2, 0.25) is 0 Å². The Kier molecular flexibility index (Phi) is 3.62. The van der Waals surface area contributed by atoms with Crippen LogP contribution in [0.1, 0.15) is 36.4 Å². The molecule has 0 radical (unpaired) electrons. The molecule has 0 saturated heterocycles. The van der Waals surface area contributed by atoms with Gasteiger partial charge in [-0.05, 0) is 51.9 Å². The fourth-order valence-electron chi connectivity index (χ4n) is 2.07. The summed E-state index contributed by atoms with van der Waals surface area (Å²) in [5.41, 5.74) is 7.07. The van der Waals surface area contributed by atoms with E-state index in [0.717, 1.165) is 23.0 Å². The van der Waals surface area contributed by atoms with Crippen molar-refractivity contribution in [2.45, 2.75) is 32.7 Å². The zero-order valence-corrected chi connectivity index (χ0v) is 11.6. The van der Waals surface area contributed by atoms with Crippen molar-refractivity contribution in [3.8, 4) is 0 Å². The summed E-state index contributed by atoms with van der Waals surface area (Å²) < 4.78 is 5.57. The van der Waals surface area contributed by atoms with E-state index in [1.165, 1.54) is 0 Å². The van der Waals surface area contributed by atoms with Gasteiger partial charge in [-0.25, -0.2) is 0 Å². The molecule has 0 atom stereocenters. The van der Waals surface area contributed by atoms with Crippen LogP contribution >= 0.6 is 0 Å². The van der Waals surface area contributed by atoms with E-state index in [1.54, 1.807) is 6.07 Å². The van der Waals surface area contributed by atoms with Gasteiger partial charge in [0.15, 0.2) is 5.76 Å². The lowest BCUT2D eigenvalue weighted by Gasteiger charge is -2.24. The molecular formula is C15H20N2O2. The van der Waals surface area contributed by atoms with Gasteiger partial charge in [0, 0.05) is 10.9 Å². The lowest BCUT2D eigenvalue weighted by Crippen LogP contribution is -2.44. The summed E-state index contributed by atoms with van der Waals surface area (Å²) in [5, 5.41) is 3.88. The highest BCUT2D eigenvalue weighted by atomic mass is 16.3. The minimum atomic E-state index is -0.333. The van der Waals surface area contributed by atoms with Crippen LogP contribution < -0.4 is 11.1 Å². The average Bonchev–Trinajstić information content (AvgIpc) is 2.71. The number of amides is 1. The molecule has 0 unspecified atom stereocenters. The first-order chi connectivity index (χ1) is 8.91. The summed E-state index contributed by atoms with van der Waals surface area (Å²) in [4.78, 5) is 12.1. The van der Waals surface area contributed by atoms with E-state index >= 15 is 0 Å². The van der Waals surface area contributed by atoms with Crippen LogP contribution in [0.5, 0.6) is 0 Å². The Morgan fingerprint density at radius 1 is 1.37 bits per heavy atom. The summed E-state index contributed by atoms with van der Waals surface area (Å²) in [6.07, 6.45) is 0.720. The van der Waals surface area contributed by atoms with Crippen LogP contribution in [-0.2, 0) is 0 Å². The molecule has 2 rings (SSSR count). The number of hydrogen-bond donors (Lipinski definition) is 2. The van der Waals surface area contributed by atoms with Gasteiger partial charge >= 0.3 is 0 Å². The van der Waals surface area contributed by atoms with Crippen LogP contribution in [0.25, 0.3) is 11.0 Å². The number of carbonyl (C=O) groups excluding carboxylic acids is 1. The summed E-state index contributed by atoms with van der Waals surface area (Å²) in [6.45, 7) is 6.44. The minimum Gasteiger partial charge on any atom is -0.451 e. The van der Waals surface area contributed by atoms with Gasteiger partial charge in [-0.15, -0.1) is 0 Å². The largest absolute Gasteiger partial charge is 0.451 e. The fourth-order valence-corrected chi connectivity index (χ4v) is 2.07. The Hall–Kier alpha value is -1.81. The Morgan fingerprint density at radius 3 is 2.79 bits per heavy atom. The summed E-state index contributed by atoms with van der Waals surface area (Å²) in [6, 6.07) is 7.62. The molecule has 4 heteroatoms. The molecule has 1 aromatic heterocycles. The summed E-state index contributed by atoms with van der Waals surface area (Å²) in [5.74, 6) is 0.137. The number of aryl methyl sites for hydroxylation is 1. The molecule has 0 bridgehead atoms. The van der Waals surface area contributed by atoms with Gasteiger partial charge in [0.1, 0.15) is 5.58 Å². The third-order valence-corrected chi connectivity index (χ3v) is 3.12. The smallest absolute Gasteiger partial charge is 0.287 e. The van der Waals surface area contributed by atoms with E-state index in [1.807, 2.05) is 39.0 Å². The number of nitrogens with one attached hydrogen (secondary N) is 1. The van der Waals surface area contributed by atoms with E-state index in [2.05, 4.69) is 5.32 Å². The lowest BCUT2D eigenvalue weighted by atomic mass is 10.0. The predicted molar refractivity (Wildman–Crippen MR) is 76.2 cm³/mol. The molecule has 0 aliphatic rings. The Bertz CT molecular complexity index is 599. The van der Waals surface area contributed by atoms with Crippen LogP contribution in [0.15, 0.2) is 28.7 Å². The first kappa shape index (κ1) is 13.6. The molecule has 0 spiro atoms. The van der Waals surface area contributed by atoms with Crippen molar-refractivity contribution in [3.63, 3.8) is 0 Å². The van der Waals surface area contributed by atoms with E-state index in [4.69, 9.17) is 10.2 Å². The highest BCUT2D eigenvalue weighted by Gasteiger charge is 2.22. The maximum absolute atomic E-state index is 12.1. The summed E-state index contributed by atoms with van der Waals surface area (Å²) >= 11 is 0. The van der Waals surface area contributed by atoms with Gasteiger partial charge in [0.2, 0.25) is 0 Å². The molecule has 0 aliphatic heterocycles. The number of fused-ring (bicyclic) bond motifs is 1. The zero-order chi connectivity index (χ0) is 14.0. The third-order valence-electron chi connectivity index (χ3n) is 3.12. The fraction of sp³-hybridized carbons (Fsp3) is 0.400. The van der Waals surface area contributed by atoms with Crippen molar-refractivity contribution in [3.05, 3.63) is 35.6 Å². The van der Waals surface area contributed by atoms with Gasteiger partial charge in [-0.3, -0.25) is 4.79 Å². The highest BCUT2D eigenvalue weighted by molar-refractivity contribution is 5.96. The zero-order valence-electron chi connectivity index (χ0n) is 11.6. The van der Waals surface area contributed by atoms with Crippen molar-refractivity contribution in [1.29, 1.82) is 0 Å². The standard InChI is InChI=1S/C15H20N2O2/c1-10-4-5-12-11(8-10)9-13(19-12)14(18)17-15(2,3)6-7-16/h4-5,8-9H,6-7,16H2,1-3H3,(H,17,18). The molecule has 0 fully saturated rings. The molecular weight excluding hydrogens is 240 g/mol. The monoisotopic (exact) mass is 260 g/mol. The second-order valence-electron chi connectivity index (χ2n) is 5.53. The van der Waals surface area contributed by atoms with Gasteiger partial charge in [0.05, 0.1) is 0 Å². The van der Waals surface area contributed by atoms with Crippen molar-refractivity contribution >= 4 is 16.9 Å². The first-order valence-electron chi connectivity index (χ1n) is 6.44. The molecule has 3 N–H and O–H groups in total. The van der Waals surface area contributed by atoms with Crippen LogP contribution in [0, 0.1) is 6.92 Å². The Balaban J connectivity index is 2.22. The SMILES string of the molecule is Cc1ccc2oc(C(=O)NC(C)(C)CCN)cc2c1. The van der Waals surface area contributed by atoms with Gasteiger partial charge in [0.25, 0.3) is 5.91 Å². The molecule has 4 nitrogen and oxygen atoms in total. The van der Waals surface area contributed by atoms with Gasteiger partial charge in [-0.2, -0.15) is 0 Å². The third kappa shape index (κ3) is 3.15. The van der Waals surface area contributed by atoms with Crippen LogP contribution in [0.4, 0.5) is 0 Å². The second kappa shape index (κ2) is 5.05. The lowest BCUT2D eigenvalue weighted by molar-refractivity contribution is 0.0884. The maximum atomic E-state index is 12.1. The summed E-state index contributed by atoms with van der Waals surface area (Å²) in [7, 11) is 0.